The third-order valence-corrected chi connectivity index (χ3v) is 3.35. The zero-order chi connectivity index (χ0) is 15.4. The molecular weight excluding hydrogens is 295 g/mol. The molecule has 0 unspecified atom stereocenters. The fourth-order valence-corrected chi connectivity index (χ4v) is 2.25. The zero-order valence-corrected chi connectivity index (χ0v) is 12.4. The molecule has 0 saturated heterocycles. The average molecular weight is 309 g/mol. The van der Waals surface area contributed by atoms with E-state index < -0.39 is 5.82 Å². The van der Waals surface area contributed by atoms with Gasteiger partial charge in [-0.2, -0.15) is 0 Å². The fourth-order valence-electron chi connectivity index (χ4n) is 2.05. The lowest BCUT2D eigenvalue weighted by atomic mass is 10.0. The second kappa shape index (κ2) is 6.59. The number of benzene rings is 2. The van der Waals surface area contributed by atoms with Gasteiger partial charge in [-0.05, 0) is 29.8 Å². The van der Waals surface area contributed by atoms with E-state index in [9.17, 15) is 9.18 Å². The Morgan fingerprint density at radius 3 is 2.29 bits per heavy atom. The highest BCUT2D eigenvalue weighted by atomic mass is 35.5. The monoisotopic (exact) mass is 308 g/mol. The highest BCUT2D eigenvalue weighted by Gasteiger charge is 2.18. The third-order valence-electron chi connectivity index (χ3n) is 3.06. The van der Waals surface area contributed by atoms with Crippen molar-refractivity contribution in [3.05, 3.63) is 58.4 Å². The van der Waals surface area contributed by atoms with Crippen molar-refractivity contribution >= 4 is 17.4 Å². The van der Waals surface area contributed by atoms with Crippen LogP contribution in [-0.2, 0) is 6.42 Å². The van der Waals surface area contributed by atoms with Gasteiger partial charge in [0.25, 0.3) is 0 Å². The van der Waals surface area contributed by atoms with Crippen LogP contribution in [0.3, 0.4) is 0 Å². The Morgan fingerprint density at radius 2 is 1.76 bits per heavy atom. The number of Topliss-reactive ketones (excluding diaryl/α,β-unsaturated/α-hetero) is 1. The van der Waals surface area contributed by atoms with Gasteiger partial charge < -0.3 is 9.47 Å². The summed E-state index contributed by atoms with van der Waals surface area (Å²) in [6.07, 6.45) is 0.0801. The number of rotatable bonds is 5. The molecule has 0 aromatic heterocycles. The predicted octanol–water partition coefficient (Wildman–Crippen LogP) is 3.92. The average Bonchev–Trinajstić information content (AvgIpc) is 2.49. The lowest BCUT2D eigenvalue weighted by Crippen LogP contribution is -2.08. The van der Waals surface area contributed by atoms with Crippen molar-refractivity contribution < 1.29 is 18.7 Å². The maximum Gasteiger partial charge on any atom is 0.174 e. The Kier molecular flexibility index (Phi) is 4.81. The van der Waals surface area contributed by atoms with Crippen molar-refractivity contribution in [2.45, 2.75) is 6.42 Å². The summed E-state index contributed by atoms with van der Waals surface area (Å²) in [7, 11) is 2.97. The molecular formula is C16H14ClFO3. The van der Waals surface area contributed by atoms with Gasteiger partial charge in [-0.15, -0.1) is 0 Å². The van der Waals surface area contributed by atoms with E-state index in [1.54, 1.807) is 18.2 Å². The lowest BCUT2D eigenvalue weighted by molar-refractivity contribution is 0.0987. The minimum atomic E-state index is -0.511. The Balaban J connectivity index is 2.34. The lowest BCUT2D eigenvalue weighted by Gasteiger charge is -2.12. The van der Waals surface area contributed by atoms with E-state index in [1.165, 1.54) is 32.4 Å². The molecule has 2 rings (SSSR count). The first kappa shape index (κ1) is 15.3. The Labute approximate surface area is 127 Å². The highest BCUT2D eigenvalue weighted by molar-refractivity contribution is 6.30. The largest absolute Gasteiger partial charge is 0.496 e. The van der Waals surface area contributed by atoms with Crippen molar-refractivity contribution in [2.75, 3.05) is 14.2 Å². The first-order chi connectivity index (χ1) is 10.1. The molecule has 2 aromatic rings. The summed E-state index contributed by atoms with van der Waals surface area (Å²) in [5.74, 6) is 0.176. The number of hydrogen-bond donors (Lipinski definition) is 0. The summed E-state index contributed by atoms with van der Waals surface area (Å²) in [5.41, 5.74) is 0.988. The van der Waals surface area contributed by atoms with Gasteiger partial charge >= 0.3 is 0 Å². The van der Waals surface area contributed by atoms with Gasteiger partial charge in [-0.25, -0.2) is 4.39 Å². The maximum absolute atomic E-state index is 13.1. The molecule has 110 valence electrons. The number of methoxy groups -OCH3 is 2. The quantitative estimate of drug-likeness (QED) is 0.785. The predicted molar refractivity (Wildman–Crippen MR) is 79.0 cm³/mol. The van der Waals surface area contributed by atoms with Crippen LogP contribution in [0.25, 0.3) is 0 Å². The number of hydrogen-bond acceptors (Lipinski definition) is 3. The molecule has 0 N–H and O–H groups in total. The Hall–Kier alpha value is -2.07. The van der Waals surface area contributed by atoms with Crippen LogP contribution in [0.5, 0.6) is 11.5 Å². The molecule has 0 saturated carbocycles. The fraction of sp³-hybridized carbons (Fsp3) is 0.188. The summed E-state index contributed by atoms with van der Waals surface area (Å²) in [5, 5.41) is -0.00714. The first-order valence-corrected chi connectivity index (χ1v) is 6.62. The summed E-state index contributed by atoms with van der Waals surface area (Å²) in [6, 6.07) is 9.33. The maximum atomic E-state index is 13.1. The van der Waals surface area contributed by atoms with Crippen LogP contribution in [-0.4, -0.2) is 20.0 Å². The Bertz CT molecular complexity index is 648. The summed E-state index contributed by atoms with van der Waals surface area (Å²) < 4.78 is 23.5. The SMILES string of the molecule is COc1cccc(OC)c1C(=O)Cc1ccc(F)c(Cl)c1. The highest BCUT2D eigenvalue weighted by Crippen LogP contribution is 2.30. The minimum Gasteiger partial charge on any atom is -0.496 e. The molecule has 2 aromatic carbocycles. The molecule has 0 heterocycles. The van der Waals surface area contributed by atoms with Gasteiger partial charge in [0.2, 0.25) is 0 Å². The van der Waals surface area contributed by atoms with Crippen LogP contribution >= 0.6 is 11.6 Å². The van der Waals surface area contributed by atoms with E-state index >= 15 is 0 Å². The second-order valence-electron chi connectivity index (χ2n) is 4.39. The van der Waals surface area contributed by atoms with Crippen LogP contribution in [0.15, 0.2) is 36.4 Å². The van der Waals surface area contributed by atoms with E-state index in [1.807, 2.05) is 0 Å². The van der Waals surface area contributed by atoms with E-state index in [4.69, 9.17) is 21.1 Å². The van der Waals surface area contributed by atoms with Crippen molar-refractivity contribution in [1.29, 1.82) is 0 Å². The minimum absolute atomic E-state index is 0.00714. The molecule has 0 aliphatic heterocycles. The van der Waals surface area contributed by atoms with E-state index in [2.05, 4.69) is 0 Å². The number of ether oxygens (including phenoxy) is 2. The van der Waals surface area contributed by atoms with E-state index in [-0.39, 0.29) is 17.2 Å². The van der Waals surface area contributed by atoms with Gasteiger partial charge in [-0.3, -0.25) is 4.79 Å². The molecule has 0 radical (unpaired) electrons. The molecule has 0 bridgehead atoms. The molecule has 0 atom stereocenters. The van der Waals surface area contributed by atoms with Crippen LogP contribution in [0, 0.1) is 5.82 Å². The van der Waals surface area contributed by atoms with Crippen LogP contribution < -0.4 is 9.47 Å². The van der Waals surface area contributed by atoms with Crippen LogP contribution in [0.2, 0.25) is 5.02 Å². The van der Waals surface area contributed by atoms with Crippen molar-refractivity contribution in [3.63, 3.8) is 0 Å². The number of carbonyl (C=O) groups excluding carboxylic acids is 1. The van der Waals surface area contributed by atoms with E-state index in [0.29, 0.717) is 22.6 Å². The number of carbonyl (C=O) groups is 1. The van der Waals surface area contributed by atoms with Gasteiger partial charge in [0.15, 0.2) is 5.78 Å². The van der Waals surface area contributed by atoms with Crippen LogP contribution in [0.1, 0.15) is 15.9 Å². The molecule has 21 heavy (non-hydrogen) atoms. The van der Waals surface area contributed by atoms with Gasteiger partial charge in [0.1, 0.15) is 22.9 Å². The zero-order valence-electron chi connectivity index (χ0n) is 11.7. The molecule has 0 amide bonds. The van der Waals surface area contributed by atoms with Gasteiger partial charge in [0.05, 0.1) is 19.2 Å². The molecule has 0 fully saturated rings. The van der Waals surface area contributed by atoms with Gasteiger partial charge in [0, 0.05) is 6.42 Å². The van der Waals surface area contributed by atoms with E-state index in [0.717, 1.165) is 0 Å². The molecule has 3 nitrogen and oxygen atoms in total. The summed E-state index contributed by atoms with van der Waals surface area (Å²) >= 11 is 5.72. The standard InChI is InChI=1S/C16H14ClFO3/c1-20-14-4-3-5-15(21-2)16(14)13(19)9-10-6-7-12(18)11(17)8-10/h3-8H,9H2,1-2H3. The van der Waals surface area contributed by atoms with Gasteiger partial charge in [-0.1, -0.05) is 23.7 Å². The molecule has 0 spiro atoms. The Morgan fingerprint density at radius 1 is 1.14 bits per heavy atom. The topological polar surface area (TPSA) is 35.5 Å². The van der Waals surface area contributed by atoms with Crippen molar-refractivity contribution in [1.82, 2.24) is 0 Å². The second-order valence-corrected chi connectivity index (χ2v) is 4.79. The summed E-state index contributed by atoms with van der Waals surface area (Å²) in [4.78, 5) is 12.5. The number of ketones is 1. The van der Waals surface area contributed by atoms with Crippen molar-refractivity contribution in [2.24, 2.45) is 0 Å². The number of halogens is 2. The third kappa shape index (κ3) is 3.34. The molecule has 5 heteroatoms. The summed E-state index contributed by atoms with van der Waals surface area (Å²) in [6.45, 7) is 0. The van der Waals surface area contributed by atoms with Crippen molar-refractivity contribution in [3.8, 4) is 11.5 Å². The smallest absolute Gasteiger partial charge is 0.174 e. The first-order valence-electron chi connectivity index (χ1n) is 6.25. The normalized spacial score (nSPS) is 10.3. The molecule has 0 aliphatic rings. The van der Waals surface area contributed by atoms with Crippen LogP contribution in [0.4, 0.5) is 4.39 Å². The molecule has 0 aliphatic carbocycles.